The highest BCUT2D eigenvalue weighted by Crippen LogP contribution is 2.23. The van der Waals surface area contributed by atoms with Gasteiger partial charge in [-0.15, -0.1) is 15.6 Å². The van der Waals surface area contributed by atoms with Gasteiger partial charge >= 0.3 is 6.09 Å². The molecule has 1 fully saturated rings. The molecule has 7 nitrogen and oxygen atoms in total. The number of quaternary nitrogens is 1. The summed E-state index contributed by atoms with van der Waals surface area (Å²) in [4.78, 5) is 15.7. The molecular formula is C18H25N4O3+. The highest BCUT2D eigenvalue weighted by Gasteiger charge is 2.31. The lowest BCUT2D eigenvalue weighted by molar-refractivity contribution is -1.00. The number of benzene rings is 1. The molecule has 1 amide bonds. The van der Waals surface area contributed by atoms with Gasteiger partial charge in [0.05, 0.1) is 19.2 Å². The van der Waals surface area contributed by atoms with Crippen LogP contribution in [0.15, 0.2) is 30.5 Å². The molecule has 2 aromatic rings. The number of rotatable bonds is 5. The molecule has 1 saturated heterocycles. The lowest BCUT2D eigenvalue weighted by Gasteiger charge is -2.35. The molecular weight excluding hydrogens is 320 g/mol. The Morgan fingerprint density at radius 3 is 2.68 bits per heavy atom. The second-order valence-electron chi connectivity index (χ2n) is 6.43. The molecule has 1 aromatic heterocycles. The molecule has 134 valence electrons. The Morgan fingerprint density at radius 2 is 2.00 bits per heavy atom. The number of nitrogens with one attached hydrogen (secondary N) is 2. The van der Waals surface area contributed by atoms with E-state index in [2.05, 4.69) is 15.8 Å². The summed E-state index contributed by atoms with van der Waals surface area (Å²) in [6, 6.07) is 7.76. The minimum Gasteiger partial charge on any atom is -0.497 e. The average molecular weight is 345 g/mol. The second-order valence-corrected chi connectivity index (χ2v) is 6.43. The fourth-order valence-corrected chi connectivity index (χ4v) is 3.42. The smallest absolute Gasteiger partial charge is 0.451 e. The fourth-order valence-electron chi connectivity index (χ4n) is 3.42. The van der Waals surface area contributed by atoms with Crippen molar-refractivity contribution < 1.29 is 19.3 Å². The Balaban J connectivity index is 1.85. The van der Waals surface area contributed by atoms with Crippen molar-refractivity contribution in [3.63, 3.8) is 0 Å². The minimum absolute atomic E-state index is 0.198. The van der Waals surface area contributed by atoms with Crippen molar-refractivity contribution in [1.29, 1.82) is 0 Å². The number of hydrogen-bond donors (Lipinski definition) is 3. The van der Waals surface area contributed by atoms with Crippen molar-refractivity contribution in [2.75, 3.05) is 20.2 Å². The summed E-state index contributed by atoms with van der Waals surface area (Å²) in [5.74, 6) is 0.782. The molecule has 0 atom stereocenters. The van der Waals surface area contributed by atoms with Crippen molar-refractivity contribution in [3.05, 3.63) is 36.0 Å². The van der Waals surface area contributed by atoms with E-state index in [0.29, 0.717) is 6.54 Å². The molecule has 25 heavy (non-hydrogen) atoms. The highest BCUT2D eigenvalue weighted by molar-refractivity contribution is 5.83. The van der Waals surface area contributed by atoms with Gasteiger partial charge in [0.25, 0.3) is 0 Å². The summed E-state index contributed by atoms with van der Waals surface area (Å²) in [5, 5.41) is 10.3. The van der Waals surface area contributed by atoms with E-state index in [1.807, 2.05) is 24.3 Å². The molecule has 3 rings (SSSR count). The third kappa shape index (κ3) is 4.18. The predicted octanol–water partition coefficient (Wildman–Crippen LogP) is 2.82. The predicted molar refractivity (Wildman–Crippen MR) is 94.8 cm³/mol. The van der Waals surface area contributed by atoms with E-state index in [4.69, 9.17) is 4.74 Å². The lowest BCUT2D eigenvalue weighted by Crippen LogP contribution is -2.67. The maximum absolute atomic E-state index is 11.3. The normalized spacial score (nSPS) is 17.0. The van der Waals surface area contributed by atoms with Crippen molar-refractivity contribution in [3.8, 4) is 5.75 Å². The number of carboxylic acid groups (broad SMARTS) is 1. The van der Waals surface area contributed by atoms with E-state index < -0.39 is 6.09 Å². The van der Waals surface area contributed by atoms with Crippen LogP contribution in [0.25, 0.3) is 10.9 Å². The zero-order valence-corrected chi connectivity index (χ0v) is 14.5. The molecule has 0 spiro atoms. The zero-order valence-electron chi connectivity index (χ0n) is 14.5. The van der Waals surface area contributed by atoms with Crippen molar-refractivity contribution >= 4 is 17.0 Å². The zero-order chi connectivity index (χ0) is 17.7. The number of nitrogens with zero attached hydrogens (tertiary/aromatic N) is 2. The average Bonchev–Trinajstić information content (AvgIpc) is 2.84. The van der Waals surface area contributed by atoms with Crippen molar-refractivity contribution in [2.45, 2.75) is 32.2 Å². The molecule has 0 aliphatic carbocycles. The van der Waals surface area contributed by atoms with Crippen LogP contribution in [-0.2, 0) is 6.54 Å². The molecule has 2 heterocycles. The van der Waals surface area contributed by atoms with E-state index in [0.717, 1.165) is 61.0 Å². The molecule has 1 aliphatic rings. The molecule has 1 aliphatic heterocycles. The summed E-state index contributed by atoms with van der Waals surface area (Å²) >= 11 is 0. The third-order valence-electron chi connectivity index (χ3n) is 4.75. The monoisotopic (exact) mass is 345 g/mol. The van der Waals surface area contributed by atoms with E-state index in [-0.39, 0.29) is 4.70 Å². The molecule has 3 N–H and O–H groups in total. The number of pyridine rings is 1. The molecule has 7 heteroatoms. The maximum atomic E-state index is 11.3. The maximum Gasteiger partial charge on any atom is 0.451 e. The van der Waals surface area contributed by atoms with Gasteiger partial charge < -0.3 is 9.84 Å². The SMILES string of the molecule is COc1ccc2nccc(CN[N+]3(NC(=O)O)CCCCCC3)c2c1. The van der Waals surface area contributed by atoms with Gasteiger partial charge in [0.15, 0.2) is 0 Å². The first-order chi connectivity index (χ1) is 12.1. The summed E-state index contributed by atoms with van der Waals surface area (Å²) < 4.78 is 5.52. The first-order valence-electron chi connectivity index (χ1n) is 8.67. The third-order valence-corrected chi connectivity index (χ3v) is 4.75. The van der Waals surface area contributed by atoms with Gasteiger partial charge in [-0.1, -0.05) is 0 Å². The number of carbonyl (C=O) groups is 1. The van der Waals surface area contributed by atoms with E-state index in [1.54, 1.807) is 13.3 Å². The number of hydrogen-bond acceptors (Lipinski definition) is 4. The molecule has 0 saturated carbocycles. The summed E-state index contributed by atoms with van der Waals surface area (Å²) in [6.45, 7) is 2.05. The van der Waals surface area contributed by atoms with Crippen LogP contribution in [0.4, 0.5) is 4.79 Å². The number of ether oxygens (including phenoxy) is 1. The number of aromatic nitrogens is 1. The van der Waals surface area contributed by atoms with Crippen LogP contribution in [0.5, 0.6) is 5.75 Å². The number of fused-ring (bicyclic) bond motifs is 1. The number of methoxy groups -OCH3 is 1. The quantitative estimate of drug-likeness (QED) is 0.726. The van der Waals surface area contributed by atoms with Gasteiger partial charge in [-0.25, -0.2) is 4.79 Å². The summed E-state index contributed by atoms with van der Waals surface area (Å²) in [7, 11) is 1.64. The highest BCUT2D eigenvalue weighted by atomic mass is 16.5. The van der Waals surface area contributed by atoms with Crippen LogP contribution >= 0.6 is 0 Å². The first-order valence-corrected chi connectivity index (χ1v) is 8.67. The lowest BCUT2D eigenvalue weighted by atomic mass is 10.1. The summed E-state index contributed by atoms with van der Waals surface area (Å²) in [5.41, 5.74) is 8.07. The van der Waals surface area contributed by atoms with Crippen LogP contribution in [0.2, 0.25) is 0 Å². The van der Waals surface area contributed by atoms with Crippen LogP contribution in [0.1, 0.15) is 31.2 Å². The van der Waals surface area contributed by atoms with Crippen LogP contribution < -0.4 is 15.6 Å². The van der Waals surface area contributed by atoms with Crippen molar-refractivity contribution in [1.82, 2.24) is 15.8 Å². The van der Waals surface area contributed by atoms with Crippen molar-refractivity contribution in [2.24, 2.45) is 0 Å². The second kappa shape index (κ2) is 7.67. The van der Waals surface area contributed by atoms with Gasteiger partial charge in [-0.05, 0) is 42.7 Å². The standard InChI is InChI=1S/C18H24N4O3/c1-25-15-6-7-17-16(12-15)14(8-9-19-17)13-20-22(21-18(23)24)10-4-2-3-5-11-22/h6-9,12,20-21H,2-5,10-11,13H2,1H3/p+1. The van der Waals surface area contributed by atoms with Gasteiger partial charge in [-0.3, -0.25) is 4.98 Å². The van der Waals surface area contributed by atoms with Gasteiger partial charge in [0.2, 0.25) is 0 Å². The topological polar surface area (TPSA) is 83.5 Å². The Morgan fingerprint density at radius 1 is 1.24 bits per heavy atom. The fraction of sp³-hybridized carbons (Fsp3) is 0.444. The Hall–Kier alpha value is -2.38. The molecule has 0 bridgehead atoms. The largest absolute Gasteiger partial charge is 0.497 e. The number of amides is 1. The van der Waals surface area contributed by atoms with Gasteiger partial charge in [0.1, 0.15) is 18.8 Å². The van der Waals surface area contributed by atoms with Gasteiger partial charge in [-0.2, -0.15) is 0 Å². The van der Waals surface area contributed by atoms with Crippen LogP contribution in [0.3, 0.4) is 0 Å². The Bertz CT molecular complexity index is 742. The van der Waals surface area contributed by atoms with Crippen LogP contribution in [-0.4, -0.2) is 41.1 Å². The van der Waals surface area contributed by atoms with E-state index in [9.17, 15) is 9.90 Å². The molecule has 0 radical (unpaired) electrons. The van der Waals surface area contributed by atoms with E-state index >= 15 is 0 Å². The minimum atomic E-state index is -1.00. The Kier molecular flexibility index (Phi) is 5.35. The van der Waals surface area contributed by atoms with Crippen LogP contribution in [0, 0.1) is 0 Å². The summed E-state index contributed by atoms with van der Waals surface area (Å²) in [6.07, 6.45) is 5.05. The van der Waals surface area contributed by atoms with Gasteiger partial charge in [0, 0.05) is 24.4 Å². The van der Waals surface area contributed by atoms with E-state index in [1.165, 1.54) is 0 Å². The Labute approximate surface area is 147 Å². The molecule has 0 unspecified atom stereocenters. The molecule has 1 aromatic carbocycles. The first kappa shape index (κ1) is 17.4.